The SMILES string of the molecule is Cc1cc(Cl)ccc1N(C)c1cccc(N)c1. The molecule has 2 aromatic rings. The molecule has 0 radical (unpaired) electrons. The first kappa shape index (κ1) is 11.8. The molecule has 2 N–H and O–H groups in total. The van der Waals surface area contributed by atoms with Crippen molar-refractivity contribution in [2.75, 3.05) is 17.7 Å². The van der Waals surface area contributed by atoms with E-state index in [1.165, 1.54) is 0 Å². The first-order valence-electron chi connectivity index (χ1n) is 5.43. The Bertz CT molecular complexity index is 537. The summed E-state index contributed by atoms with van der Waals surface area (Å²) in [5.74, 6) is 0. The number of aryl methyl sites for hydroxylation is 1. The van der Waals surface area contributed by atoms with E-state index in [2.05, 4.69) is 4.90 Å². The van der Waals surface area contributed by atoms with Gasteiger partial charge in [0.15, 0.2) is 0 Å². The lowest BCUT2D eigenvalue weighted by Crippen LogP contribution is -2.10. The zero-order valence-corrected chi connectivity index (χ0v) is 10.7. The highest BCUT2D eigenvalue weighted by atomic mass is 35.5. The Kier molecular flexibility index (Phi) is 3.25. The van der Waals surface area contributed by atoms with Crippen molar-refractivity contribution in [3.63, 3.8) is 0 Å². The van der Waals surface area contributed by atoms with Crippen LogP contribution in [0.3, 0.4) is 0 Å². The van der Waals surface area contributed by atoms with E-state index in [1.54, 1.807) is 0 Å². The van der Waals surface area contributed by atoms with Gasteiger partial charge in [-0.2, -0.15) is 0 Å². The lowest BCUT2D eigenvalue weighted by molar-refractivity contribution is 1.19. The monoisotopic (exact) mass is 246 g/mol. The van der Waals surface area contributed by atoms with E-state index >= 15 is 0 Å². The number of rotatable bonds is 2. The Labute approximate surface area is 107 Å². The summed E-state index contributed by atoms with van der Waals surface area (Å²) in [5, 5.41) is 0.757. The number of benzene rings is 2. The average molecular weight is 247 g/mol. The Morgan fingerprint density at radius 1 is 1.12 bits per heavy atom. The van der Waals surface area contributed by atoms with Crippen molar-refractivity contribution < 1.29 is 0 Å². The van der Waals surface area contributed by atoms with E-state index in [-0.39, 0.29) is 0 Å². The zero-order valence-electron chi connectivity index (χ0n) is 9.94. The van der Waals surface area contributed by atoms with Crippen LogP contribution in [0.1, 0.15) is 5.56 Å². The predicted octanol–water partition coefficient (Wildman–Crippen LogP) is 4.00. The molecule has 0 heterocycles. The van der Waals surface area contributed by atoms with Crippen molar-refractivity contribution in [3.05, 3.63) is 53.1 Å². The lowest BCUT2D eigenvalue weighted by atomic mass is 10.1. The van der Waals surface area contributed by atoms with E-state index in [1.807, 2.05) is 56.4 Å². The highest BCUT2D eigenvalue weighted by molar-refractivity contribution is 6.30. The zero-order chi connectivity index (χ0) is 12.4. The van der Waals surface area contributed by atoms with Crippen molar-refractivity contribution in [2.45, 2.75) is 6.92 Å². The molecule has 0 bridgehead atoms. The van der Waals surface area contributed by atoms with Crippen LogP contribution in [-0.4, -0.2) is 7.05 Å². The molecule has 0 saturated heterocycles. The first-order chi connectivity index (χ1) is 8.08. The molecule has 0 unspecified atom stereocenters. The number of anilines is 3. The summed E-state index contributed by atoms with van der Waals surface area (Å²) in [6.45, 7) is 2.05. The van der Waals surface area contributed by atoms with Gasteiger partial charge in [-0.25, -0.2) is 0 Å². The summed E-state index contributed by atoms with van der Waals surface area (Å²) in [6.07, 6.45) is 0. The van der Waals surface area contributed by atoms with Gasteiger partial charge in [0.2, 0.25) is 0 Å². The van der Waals surface area contributed by atoms with Crippen LogP contribution in [0.15, 0.2) is 42.5 Å². The molecule has 0 saturated carbocycles. The van der Waals surface area contributed by atoms with Gasteiger partial charge in [0.1, 0.15) is 0 Å². The van der Waals surface area contributed by atoms with Crippen molar-refractivity contribution in [3.8, 4) is 0 Å². The van der Waals surface area contributed by atoms with Crippen molar-refractivity contribution >= 4 is 28.7 Å². The number of nitrogen functional groups attached to an aromatic ring is 1. The van der Waals surface area contributed by atoms with Gasteiger partial charge in [0, 0.05) is 29.1 Å². The predicted molar refractivity (Wildman–Crippen MR) is 75.1 cm³/mol. The van der Waals surface area contributed by atoms with Gasteiger partial charge >= 0.3 is 0 Å². The summed E-state index contributed by atoms with van der Waals surface area (Å²) < 4.78 is 0. The molecule has 0 aromatic heterocycles. The van der Waals surface area contributed by atoms with Crippen LogP contribution in [0.2, 0.25) is 5.02 Å². The topological polar surface area (TPSA) is 29.3 Å². The van der Waals surface area contributed by atoms with Crippen LogP contribution >= 0.6 is 11.6 Å². The Morgan fingerprint density at radius 3 is 2.53 bits per heavy atom. The molecule has 2 nitrogen and oxygen atoms in total. The maximum atomic E-state index is 5.95. The smallest absolute Gasteiger partial charge is 0.0438 e. The highest BCUT2D eigenvalue weighted by Crippen LogP contribution is 2.29. The molecule has 0 amide bonds. The highest BCUT2D eigenvalue weighted by Gasteiger charge is 2.07. The van der Waals surface area contributed by atoms with E-state index in [9.17, 15) is 0 Å². The van der Waals surface area contributed by atoms with Gasteiger partial charge in [0.25, 0.3) is 0 Å². The Hall–Kier alpha value is -1.67. The third kappa shape index (κ3) is 2.53. The molecule has 17 heavy (non-hydrogen) atoms. The quantitative estimate of drug-likeness (QED) is 0.812. The molecule has 0 aliphatic carbocycles. The fourth-order valence-electron chi connectivity index (χ4n) is 1.87. The second-order valence-electron chi connectivity index (χ2n) is 4.08. The molecule has 88 valence electrons. The van der Waals surface area contributed by atoms with Crippen molar-refractivity contribution in [2.24, 2.45) is 0 Å². The number of halogens is 1. The van der Waals surface area contributed by atoms with E-state index in [0.717, 1.165) is 27.6 Å². The second kappa shape index (κ2) is 4.68. The number of hydrogen-bond donors (Lipinski definition) is 1. The maximum absolute atomic E-state index is 5.95. The van der Waals surface area contributed by atoms with Crippen molar-refractivity contribution in [1.82, 2.24) is 0 Å². The van der Waals surface area contributed by atoms with Gasteiger partial charge < -0.3 is 10.6 Å². The molecule has 0 atom stereocenters. The molecule has 0 aliphatic heterocycles. The lowest BCUT2D eigenvalue weighted by Gasteiger charge is -2.22. The molecule has 2 rings (SSSR count). The summed E-state index contributed by atoms with van der Waals surface area (Å²) in [7, 11) is 2.02. The molecule has 0 spiro atoms. The van der Waals surface area contributed by atoms with Crippen molar-refractivity contribution in [1.29, 1.82) is 0 Å². The van der Waals surface area contributed by atoms with E-state index < -0.39 is 0 Å². The molecule has 0 fully saturated rings. The summed E-state index contributed by atoms with van der Waals surface area (Å²) >= 11 is 5.95. The molecule has 3 heteroatoms. The van der Waals surface area contributed by atoms with Crippen LogP contribution in [0, 0.1) is 6.92 Å². The minimum absolute atomic E-state index is 0.757. The van der Waals surface area contributed by atoms with Crippen LogP contribution in [0.5, 0.6) is 0 Å². The third-order valence-corrected chi connectivity index (χ3v) is 3.01. The second-order valence-corrected chi connectivity index (χ2v) is 4.52. The molecule has 2 aromatic carbocycles. The number of nitrogens with two attached hydrogens (primary N) is 1. The van der Waals surface area contributed by atoms with E-state index in [4.69, 9.17) is 17.3 Å². The maximum Gasteiger partial charge on any atom is 0.0438 e. The van der Waals surface area contributed by atoms with Crippen LogP contribution in [0.4, 0.5) is 17.1 Å². The minimum atomic E-state index is 0.757. The third-order valence-electron chi connectivity index (χ3n) is 2.78. The molecule has 0 aliphatic rings. The largest absolute Gasteiger partial charge is 0.399 e. The summed E-state index contributed by atoms with van der Waals surface area (Å²) in [5.41, 5.74) is 9.88. The summed E-state index contributed by atoms with van der Waals surface area (Å²) in [4.78, 5) is 2.10. The molecular formula is C14H15ClN2. The standard InChI is InChI=1S/C14H15ClN2/c1-10-8-11(15)6-7-14(10)17(2)13-5-3-4-12(16)9-13/h3-9H,16H2,1-2H3. The van der Waals surface area contributed by atoms with Gasteiger partial charge in [0.05, 0.1) is 0 Å². The van der Waals surface area contributed by atoms with Crippen LogP contribution < -0.4 is 10.6 Å². The van der Waals surface area contributed by atoms with Gasteiger partial charge in [-0.1, -0.05) is 17.7 Å². The summed E-state index contributed by atoms with van der Waals surface area (Å²) in [6, 6.07) is 13.7. The first-order valence-corrected chi connectivity index (χ1v) is 5.81. The van der Waals surface area contributed by atoms with Gasteiger partial charge in [-0.05, 0) is 48.9 Å². The van der Waals surface area contributed by atoms with Crippen LogP contribution in [-0.2, 0) is 0 Å². The number of nitrogens with zero attached hydrogens (tertiary/aromatic N) is 1. The average Bonchev–Trinajstić information content (AvgIpc) is 2.28. The normalized spacial score (nSPS) is 10.3. The van der Waals surface area contributed by atoms with E-state index in [0.29, 0.717) is 0 Å². The fraction of sp³-hybridized carbons (Fsp3) is 0.143. The minimum Gasteiger partial charge on any atom is -0.399 e. The van der Waals surface area contributed by atoms with Gasteiger partial charge in [-0.15, -0.1) is 0 Å². The van der Waals surface area contributed by atoms with Gasteiger partial charge in [-0.3, -0.25) is 0 Å². The van der Waals surface area contributed by atoms with Crippen LogP contribution in [0.25, 0.3) is 0 Å². The molecular weight excluding hydrogens is 232 g/mol. The Balaban J connectivity index is 2.40. The number of hydrogen-bond acceptors (Lipinski definition) is 2. The fourth-order valence-corrected chi connectivity index (χ4v) is 2.09. The Morgan fingerprint density at radius 2 is 1.88 bits per heavy atom.